The fourth-order valence-electron chi connectivity index (χ4n) is 3.69. The van der Waals surface area contributed by atoms with Gasteiger partial charge in [-0.3, -0.25) is 9.59 Å². The van der Waals surface area contributed by atoms with Crippen molar-refractivity contribution in [3.63, 3.8) is 0 Å². The van der Waals surface area contributed by atoms with Crippen LogP contribution in [0.5, 0.6) is 0 Å². The van der Waals surface area contributed by atoms with Crippen LogP contribution in [-0.4, -0.2) is 34.6 Å². The number of hydrogen-bond donors (Lipinski definition) is 1. The third kappa shape index (κ3) is 8.74. The molecule has 0 bridgehead atoms. The Labute approximate surface area is 232 Å². The molecule has 3 aromatic carbocycles. The summed E-state index contributed by atoms with van der Waals surface area (Å²) < 4.78 is 0. The zero-order chi connectivity index (χ0) is 26.1. The molecule has 0 aromatic heterocycles. The van der Waals surface area contributed by atoms with E-state index in [1.807, 2.05) is 62.4 Å². The summed E-state index contributed by atoms with van der Waals surface area (Å²) in [5, 5.41) is 4.60. The van der Waals surface area contributed by atoms with Gasteiger partial charge in [0.2, 0.25) is 11.8 Å². The molecule has 0 radical (unpaired) electrons. The highest BCUT2D eigenvalue weighted by Crippen LogP contribution is 2.25. The van der Waals surface area contributed by atoms with E-state index in [4.69, 9.17) is 34.8 Å². The van der Waals surface area contributed by atoms with E-state index in [0.717, 1.165) is 16.7 Å². The average Bonchev–Trinajstić information content (AvgIpc) is 2.84. The Hall–Kier alpha value is -2.18. The number of nitrogens with zero attached hydrogens (tertiary/aromatic N) is 1. The Morgan fingerprint density at radius 3 is 2.17 bits per heavy atom. The van der Waals surface area contributed by atoms with Crippen LogP contribution in [0.1, 0.15) is 30.5 Å². The number of amides is 2. The lowest BCUT2D eigenvalue weighted by molar-refractivity contribution is -0.139. The van der Waals surface area contributed by atoms with Crippen molar-refractivity contribution in [3.8, 4) is 0 Å². The van der Waals surface area contributed by atoms with E-state index in [-0.39, 0.29) is 23.6 Å². The lowest BCUT2D eigenvalue weighted by Crippen LogP contribution is -2.52. The maximum absolute atomic E-state index is 13.6. The minimum atomic E-state index is -0.663. The summed E-state index contributed by atoms with van der Waals surface area (Å²) in [6.07, 6.45) is 0.413. The van der Waals surface area contributed by atoms with Crippen LogP contribution in [0, 0.1) is 0 Å². The maximum atomic E-state index is 13.6. The van der Waals surface area contributed by atoms with Crippen LogP contribution < -0.4 is 5.32 Å². The number of nitrogens with one attached hydrogen (secondary N) is 1. The molecule has 0 heterocycles. The molecule has 0 saturated carbocycles. The van der Waals surface area contributed by atoms with Crippen LogP contribution >= 0.6 is 46.6 Å². The van der Waals surface area contributed by atoms with Crippen molar-refractivity contribution in [1.82, 2.24) is 10.2 Å². The SMILES string of the molecule is CC(C)NC(=O)[C@@H](Cc1ccccc1)N(Cc1ccc(Cl)cc1)C(=O)CSCc1ccc(Cl)c(Cl)c1. The Kier molecular flexibility index (Phi) is 11.0. The molecule has 4 nitrogen and oxygen atoms in total. The summed E-state index contributed by atoms with van der Waals surface area (Å²) in [4.78, 5) is 28.6. The number of hydrogen-bond acceptors (Lipinski definition) is 3. The Morgan fingerprint density at radius 1 is 0.861 bits per heavy atom. The highest BCUT2D eigenvalue weighted by atomic mass is 35.5. The van der Waals surface area contributed by atoms with Gasteiger partial charge in [-0.2, -0.15) is 0 Å². The van der Waals surface area contributed by atoms with E-state index in [0.29, 0.717) is 33.8 Å². The van der Waals surface area contributed by atoms with Gasteiger partial charge < -0.3 is 10.2 Å². The first kappa shape index (κ1) is 28.4. The lowest BCUT2D eigenvalue weighted by atomic mass is 10.0. The molecule has 2 amide bonds. The second-order valence-electron chi connectivity index (χ2n) is 8.76. The predicted molar refractivity (Wildman–Crippen MR) is 152 cm³/mol. The van der Waals surface area contributed by atoms with Gasteiger partial charge in [0.25, 0.3) is 0 Å². The largest absolute Gasteiger partial charge is 0.352 e. The van der Waals surface area contributed by atoms with Crippen molar-refractivity contribution >= 4 is 58.4 Å². The highest BCUT2D eigenvalue weighted by Gasteiger charge is 2.30. The summed E-state index contributed by atoms with van der Waals surface area (Å²) in [6.45, 7) is 4.12. The summed E-state index contributed by atoms with van der Waals surface area (Å²) in [6, 6.07) is 21.8. The van der Waals surface area contributed by atoms with Crippen molar-refractivity contribution in [2.24, 2.45) is 0 Å². The molecule has 0 fully saturated rings. The highest BCUT2D eigenvalue weighted by molar-refractivity contribution is 7.99. The maximum Gasteiger partial charge on any atom is 0.243 e. The van der Waals surface area contributed by atoms with Gasteiger partial charge in [-0.15, -0.1) is 11.8 Å². The molecule has 3 aromatic rings. The normalized spacial score (nSPS) is 11.8. The van der Waals surface area contributed by atoms with Crippen molar-refractivity contribution in [3.05, 3.63) is 105 Å². The van der Waals surface area contributed by atoms with E-state index in [2.05, 4.69) is 5.32 Å². The number of benzene rings is 3. The van der Waals surface area contributed by atoms with Gasteiger partial charge in [0.1, 0.15) is 6.04 Å². The topological polar surface area (TPSA) is 49.4 Å². The van der Waals surface area contributed by atoms with E-state index < -0.39 is 6.04 Å². The third-order valence-corrected chi connectivity index (χ3v) is 7.43. The quantitative estimate of drug-likeness (QED) is 0.272. The first-order valence-electron chi connectivity index (χ1n) is 11.6. The van der Waals surface area contributed by atoms with Crippen LogP contribution in [0.25, 0.3) is 0 Å². The molecular weight excluding hydrogens is 535 g/mol. The van der Waals surface area contributed by atoms with E-state index in [1.165, 1.54) is 11.8 Å². The minimum absolute atomic E-state index is 0.0488. The number of rotatable bonds is 11. The van der Waals surface area contributed by atoms with Crippen LogP contribution in [0.15, 0.2) is 72.8 Å². The number of carbonyl (C=O) groups excluding carboxylic acids is 2. The van der Waals surface area contributed by atoms with E-state index >= 15 is 0 Å². The molecule has 3 rings (SSSR count). The lowest BCUT2D eigenvalue weighted by Gasteiger charge is -2.32. The monoisotopic (exact) mass is 562 g/mol. The van der Waals surface area contributed by atoms with Crippen molar-refractivity contribution in [2.75, 3.05) is 5.75 Å². The third-order valence-electron chi connectivity index (χ3n) is 5.45. The fraction of sp³-hybridized carbons (Fsp3) is 0.286. The molecule has 0 aliphatic heterocycles. The molecular formula is C28H29Cl3N2O2S. The minimum Gasteiger partial charge on any atom is -0.352 e. The molecule has 0 spiro atoms. The first-order chi connectivity index (χ1) is 17.2. The predicted octanol–water partition coefficient (Wildman–Crippen LogP) is 7.04. The molecule has 0 unspecified atom stereocenters. The smallest absolute Gasteiger partial charge is 0.243 e. The Morgan fingerprint density at radius 2 is 1.53 bits per heavy atom. The molecule has 36 heavy (non-hydrogen) atoms. The van der Waals surface area contributed by atoms with Gasteiger partial charge >= 0.3 is 0 Å². The zero-order valence-corrected chi connectivity index (χ0v) is 23.3. The summed E-state index contributed by atoms with van der Waals surface area (Å²) in [7, 11) is 0. The van der Waals surface area contributed by atoms with Gasteiger partial charge in [0, 0.05) is 29.8 Å². The van der Waals surface area contributed by atoms with Gasteiger partial charge in [-0.05, 0) is 54.8 Å². The van der Waals surface area contributed by atoms with E-state index in [1.54, 1.807) is 29.2 Å². The van der Waals surface area contributed by atoms with Gasteiger partial charge in [-0.25, -0.2) is 0 Å². The van der Waals surface area contributed by atoms with Crippen molar-refractivity contribution in [1.29, 1.82) is 0 Å². The standard InChI is InChI=1S/C28H29Cl3N2O2S/c1-19(2)32-28(35)26(15-20-6-4-3-5-7-20)33(16-21-8-11-23(29)12-9-21)27(34)18-36-17-22-10-13-24(30)25(31)14-22/h3-14,19,26H,15-18H2,1-2H3,(H,32,35)/t26-/m1/s1. The van der Waals surface area contributed by atoms with E-state index in [9.17, 15) is 9.59 Å². The number of carbonyl (C=O) groups is 2. The van der Waals surface area contributed by atoms with Gasteiger partial charge in [0.05, 0.1) is 15.8 Å². The molecule has 0 aliphatic rings. The Bertz CT molecular complexity index is 1160. The molecule has 8 heteroatoms. The first-order valence-corrected chi connectivity index (χ1v) is 13.9. The van der Waals surface area contributed by atoms with Crippen molar-refractivity contribution in [2.45, 2.75) is 44.6 Å². The van der Waals surface area contributed by atoms with Gasteiger partial charge in [-0.1, -0.05) is 83.3 Å². The zero-order valence-electron chi connectivity index (χ0n) is 20.2. The molecule has 0 saturated heterocycles. The number of halogens is 3. The Balaban J connectivity index is 1.83. The van der Waals surface area contributed by atoms with Gasteiger partial charge in [0.15, 0.2) is 0 Å². The number of thioether (sulfide) groups is 1. The second-order valence-corrected chi connectivity index (χ2v) is 11.0. The fourth-order valence-corrected chi connectivity index (χ4v) is 4.99. The second kappa shape index (κ2) is 13.9. The molecule has 190 valence electrons. The van der Waals surface area contributed by atoms with Crippen molar-refractivity contribution < 1.29 is 9.59 Å². The van der Waals surface area contributed by atoms with Crippen LogP contribution in [-0.2, 0) is 28.3 Å². The van der Waals surface area contributed by atoms with Crippen LogP contribution in [0.2, 0.25) is 15.1 Å². The molecule has 1 N–H and O–H groups in total. The summed E-state index contributed by atoms with van der Waals surface area (Å²) in [5.74, 6) is 0.521. The summed E-state index contributed by atoms with van der Waals surface area (Å²) >= 11 is 19.7. The summed E-state index contributed by atoms with van der Waals surface area (Å²) in [5.41, 5.74) is 2.86. The average molecular weight is 564 g/mol. The molecule has 1 atom stereocenters. The van der Waals surface area contributed by atoms with Crippen LogP contribution in [0.4, 0.5) is 0 Å². The van der Waals surface area contributed by atoms with Crippen LogP contribution in [0.3, 0.4) is 0 Å². The molecule has 0 aliphatic carbocycles.